The van der Waals surface area contributed by atoms with Gasteiger partial charge in [-0.25, -0.2) is 0 Å². The van der Waals surface area contributed by atoms with Gasteiger partial charge in [0.2, 0.25) is 0 Å². The Hall–Kier alpha value is -0.410. The first kappa shape index (κ1) is 9.68. The minimum Gasteiger partial charge on any atom is -0.385 e. The van der Waals surface area contributed by atoms with E-state index in [0.29, 0.717) is 25.4 Å². The Morgan fingerprint density at radius 3 is 3.17 bits per heavy atom. The summed E-state index contributed by atoms with van der Waals surface area (Å²) >= 11 is 0. The maximum Gasteiger partial charge on any atom is 0.140 e. The third kappa shape index (κ3) is 2.91. The summed E-state index contributed by atoms with van der Waals surface area (Å²) in [5.41, 5.74) is 0. The van der Waals surface area contributed by atoms with Gasteiger partial charge in [0, 0.05) is 26.1 Å². The molecule has 0 aliphatic carbocycles. The fourth-order valence-electron chi connectivity index (χ4n) is 1.41. The van der Waals surface area contributed by atoms with Gasteiger partial charge in [0.25, 0.3) is 0 Å². The van der Waals surface area contributed by atoms with Gasteiger partial charge in [-0.2, -0.15) is 0 Å². The molecule has 1 atom stereocenters. The molecular formula is C9H16O3. The Kier molecular flexibility index (Phi) is 4.25. The molecule has 1 aliphatic heterocycles. The Bertz CT molecular complexity index is 145. The molecule has 0 bridgehead atoms. The van der Waals surface area contributed by atoms with Gasteiger partial charge in [0.1, 0.15) is 5.78 Å². The van der Waals surface area contributed by atoms with E-state index in [1.54, 1.807) is 7.11 Å². The number of methoxy groups -OCH3 is 1. The Labute approximate surface area is 73.0 Å². The molecule has 3 nitrogen and oxygen atoms in total. The average molecular weight is 172 g/mol. The van der Waals surface area contributed by atoms with Crippen molar-refractivity contribution in [1.29, 1.82) is 0 Å². The van der Waals surface area contributed by atoms with Crippen LogP contribution in [0.1, 0.15) is 19.3 Å². The predicted molar refractivity (Wildman–Crippen MR) is 45.0 cm³/mol. The summed E-state index contributed by atoms with van der Waals surface area (Å²) in [7, 11) is 1.68. The standard InChI is InChI=1S/C9H16O3/c1-11-5-2-3-8-7-12-6-4-9(8)10/h8H,2-7H2,1H3. The van der Waals surface area contributed by atoms with Crippen molar-refractivity contribution >= 4 is 5.78 Å². The average Bonchev–Trinajstić information content (AvgIpc) is 2.09. The van der Waals surface area contributed by atoms with Crippen molar-refractivity contribution in [3.63, 3.8) is 0 Å². The smallest absolute Gasteiger partial charge is 0.140 e. The normalized spacial score (nSPS) is 24.4. The molecule has 3 heteroatoms. The van der Waals surface area contributed by atoms with E-state index < -0.39 is 0 Å². The van der Waals surface area contributed by atoms with Crippen LogP contribution in [0, 0.1) is 5.92 Å². The molecule has 0 radical (unpaired) electrons. The molecule has 12 heavy (non-hydrogen) atoms. The second-order valence-corrected chi connectivity index (χ2v) is 3.12. The highest BCUT2D eigenvalue weighted by Gasteiger charge is 2.21. The maximum absolute atomic E-state index is 11.3. The second-order valence-electron chi connectivity index (χ2n) is 3.12. The summed E-state index contributed by atoms with van der Waals surface area (Å²) < 4.78 is 10.1. The lowest BCUT2D eigenvalue weighted by molar-refractivity contribution is -0.130. The third-order valence-corrected chi connectivity index (χ3v) is 2.17. The van der Waals surface area contributed by atoms with E-state index in [4.69, 9.17) is 9.47 Å². The maximum atomic E-state index is 11.3. The number of ether oxygens (including phenoxy) is 2. The summed E-state index contributed by atoms with van der Waals surface area (Å²) in [6, 6.07) is 0. The van der Waals surface area contributed by atoms with Crippen LogP contribution in [0.15, 0.2) is 0 Å². The lowest BCUT2D eigenvalue weighted by atomic mass is 9.96. The second kappa shape index (κ2) is 5.27. The van der Waals surface area contributed by atoms with Crippen molar-refractivity contribution in [3.8, 4) is 0 Å². The number of ketones is 1. The number of carbonyl (C=O) groups excluding carboxylic acids is 1. The molecule has 1 fully saturated rings. The molecule has 1 aliphatic rings. The molecule has 0 aromatic carbocycles. The summed E-state index contributed by atoms with van der Waals surface area (Å²) in [5, 5.41) is 0. The van der Waals surface area contributed by atoms with Gasteiger partial charge in [0.05, 0.1) is 13.2 Å². The minimum atomic E-state index is 0.133. The molecule has 0 aromatic rings. The zero-order valence-electron chi connectivity index (χ0n) is 7.54. The zero-order valence-corrected chi connectivity index (χ0v) is 7.54. The molecule has 0 aromatic heterocycles. The van der Waals surface area contributed by atoms with Gasteiger partial charge < -0.3 is 9.47 Å². The Balaban J connectivity index is 2.16. The van der Waals surface area contributed by atoms with Crippen LogP contribution in [0.3, 0.4) is 0 Å². The number of hydrogen-bond donors (Lipinski definition) is 0. The molecule has 0 amide bonds. The van der Waals surface area contributed by atoms with Gasteiger partial charge in [-0.05, 0) is 12.8 Å². The number of rotatable bonds is 4. The van der Waals surface area contributed by atoms with Crippen molar-refractivity contribution in [1.82, 2.24) is 0 Å². The van der Waals surface area contributed by atoms with Crippen LogP contribution in [0.4, 0.5) is 0 Å². The van der Waals surface area contributed by atoms with E-state index in [2.05, 4.69) is 0 Å². The monoisotopic (exact) mass is 172 g/mol. The SMILES string of the molecule is COCCCC1COCCC1=O. The first-order valence-electron chi connectivity index (χ1n) is 4.44. The molecule has 1 unspecified atom stereocenters. The molecule has 1 saturated heterocycles. The molecule has 70 valence electrons. The van der Waals surface area contributed by atoms with Crippen molar-refractivity contribution in [3.05, 3.63) is 0 Å². The highest BCUT2D eigenvalue weighted by atomic mass is 16.5. The van der Waals surface area contributed by atoms with E-state index in [1.165, 1.54) is 0 Å². The van der Waals surface area contributed by atoms with E-state index >= 15 is 0 Å². The first-order valence-corrected chi connectivity index (χ1v) is 4.44. The van der Waals surface area contributed by atoms with Crippen molar-refractivity contribution in [2.45, 2.75) is 19.3 Å². The van der Waals surface area contributed by atoms with Gasteiger partial charge in [-0.15, -0.1) is 0 Å². The summed E-state index contributed by atoms with van der Waals surface area (Å²) in [6.07, 6.45) is 2.46. The molecule has 1 heterocycles. The number of Topliss-reactive ketones (excluding diaryl/α,β-unsaturated/α-hetero) is 1. The van der Waals surface area contributed by atoms with Crippen LogP contribution in [0.5, 0.6) is 0 Å². The molecule has 0 saturated carbocycles. The summed E-state index contributed by atoms with van der Waals surface area (Å²) in [5.74, 6) is 0.492. The predicted octanol–water partition coefficient (Wildman–Crippen LogP) is 1.02. The van der Waals surface area contributed by atoms with Gasteiger partial charge >= 0.3 is 0 Å². The molecule has 0 spiro atoms. The minimum absolute atomic E-state index is 0.133. The lowest BCUT2D eigenvalue weighted by Crippen LogP contribution is -2.27. The van der Waals surface area contributed by atoms with Crippen LogP contribution >= 0.6 is 0 Å². The van der Waals surface area contributed by atoms with Crippen LogP contribution in [0.2, 0.25) is 0 Å². The number of carbonyl (C=O) groups is 1. The van der Waals surface area contributed by atoms with Crippen LogP contribution in [0.25, 0.3) is 0 Å². The fraction of sp³-hybridized carbons (Fsp3) is 0.889. The molecule has 1 rings (SSSR count). The molecule has 0 N–H and O–H groups in total. The largest absolute Gasteiger partial charge is 0.385 e. The van der Waals surface area contributed by atoms with Crippen molar-refractivity contribution in [2.24, 2.45) is 5.92 Å². The zero-order chi connectivity index (χ0) is 8.81. The highest BCUT2D eigenvalue weighted by molar-refractivity contribution is 5.81. The van der Waals surface area contributed by atoms with Gasteiger partial charge in [0.15, 0.2) is 0 Å². The van der Waals surface area contributed by atoms with Gasteiger partial charge in [-0.1, -0.05) is 0 Å². The van der Waals surface area contributed by atoms with Crippen LogP contribution in [-0.4, -0.2) is 32.7 Å². The van der Waals surface area contributed by atoms with Gasteiger partial charge in [-0.3, -0.25) is 4.79 Å². The topological polar surface area (TPSA) is 35.5 Å². The quantitative estimate of drug-likeness (QED) is 0.594. The van der Waals surface area contributed by atoms with Crippen molar-refractivity contribution in [2.75, 3.05) is 26.9 Å². The van der Waals surface area contributed by atoms with Crippen LogP contribution in [-0.2, 0) is 14.3 Å². The summed E-state index contributed by atoms with van der Waals surface area (Å²) in [6.45, 7) is 1.96. The van der Waals surface area contributed by atoms with E-state index in [0.717, 1.165) is 19.4 Å². The van der Waals surface area contributed by atoms with E-state index in [1.807, 2.05) is 0 Å². The Morgan fingerprint density at radius 1 is 1.67 bits per heavy atom. The third-order valence-electron chi connectivity index (χ3n) is 2.17. The molecular weight excluding hydrogens is 156 g/mol. The summed E-state index contributed by atoms with van der Waals surface area (Å²) in [4.78, 5) is 11.3. The highest BCUT2D eigenvalue weighted by Crippen LogP contribution is 2.15. The van der Waals surface area contributed by atoms with Crippen LogP contribution < -0.4 is 0 Å². The number of hydrogen-bond acceptors (Lipinski definition) is 3. The fourth-order valence-corrected chi connectivity index (χ4v) is 1.41. The van der Waals surface area contributed by atoms with E-state index in [-0.39, 0.29) is 5.92 Å². The first-order chi connectivity index (χ1) is 5.84. The van der Waals surface area contributed by atoms with E-state index in [9.17, 15) is 4.79 Å². The van der Waals surface area contributed by atoms with Crippen molar-refractivity contribution < 1.29 is 14.3 Å². The Morgan fingerprint density at radius 2 is 2.50 bits per heavy atom. The lowest BCUT2D eigenvalue weighted by Gasteiger charge is -2.20.